The van der Waals surface area contributed by atoms with Crippen molar-refractivity contribution in [2.45, 2.75) is 32.9 Å². The van der Waals surface area contributed by atoms with Crippen LogP contribution in [0.2, 0.25) is 0 Å². The highest BCUT2D eigenvalue weighted by Gasteiger charge is 2.40. The van der Waals surface area contributed by atoms with Gasteiger partial charge >= 0.3 is 6.18 Å². The molecule has 0 aromatic heterocycles. The summed E-state index contributed by atoms with van der Waals surface area (Å²) in [6.07, 6.45) is -4.55. The first-order chi connectivity index (χ1) is 8.75. The van der Waals surface area contributed by atoms with E-state index in [0.29, 0.717) is 11.7 Å². The van der Waals surface area contributed by atoms with Crippen molar-refractivity contribution in [1.82, 2.24) is 0 Å². The molecule has 1 atom stereocenters. The van der Waals surface area contributed by atoms with E-state index in [9.17, 15) is 13.2 Å². The van der Waals surface area contributed by atoms with Gasteiger partial charge in [-0.3, -0.25) is 0 Å². The number of aryl methyl sites for hydroxylation is 1. The molecule has 0 saturated heterocycles. The molecule has 1 unspecified atom stereocenters. The van der Waals surface area contributed by atoms with Crippen LogP contribution in [-0.4, -0.2) is 12.8 Å². The monoisotopic (exact) mass is 271 g/mol. The van der Waals surface area contributed by atoms with Crippen molar-refractivity contribution in [2.75, 3.05) is 6.61 Å². The number of hydrogen-bond donors (Lipinski definition) is 0. The fraction of sp³-hybridized carbons (Fsp3) is 0.500. The number of benzene rings is 1. The van der Waals surface area contributed by atoms with E-state index in [1.807, 2.05) is 26.8 Å². The van der Waals surface area contributed by atoms with Gasteiger partial charge in [-0.05, 0) is 36.1 Å². The van der Waals surface area contributed by atoms with E-state index in [4.69, 9.17) is 10.00 Å². The quantitative estimate of drug-likeness (QED) is 0.822. The molecule has 0 spiro atoms. The number of alkyl halides is 3. The van der Waals surface area contributed by atoms with Gasteiger partial charge < -0.3 is 4.74 Å². The van der Waals surface area contributed by atoms with Gasteiger partial charge in [0.15, 0.2) is 5.92 Å². The molecule has 0 saturated carbocycles. The van der Waals surface area contributed by atoms with Crippen molar-refractivity contribution >= 4 is 0 Å². The van der Waals surface area contributed by atoms with Crippen LogP contribution in [0.3, 0.4) is 0 Å². The fourth-order valence-electron chi connectivity index (χ4n) is 1.77. The van der Waals surface area contributed by atoms with Crippen molar-refractivity contribution in [3.8, 4) is 11.8 Å². The van der Waals surface area contributed by atoms with E-state index in [1.54, 1.807) is 12.1 Å². The number of ether oxygens (including phenoxy) is 1. The zero-order valence-electron chi connectivity index (χ0n) is 11.1. The SMILES string of the molecule is Cc1cc(OCC(C#N)C(F)(F)F)ccc1C(C)C. The molecule has 0 bridgehead atoms. The molecule has 0 radical (unpaired) electrons. The first kappa shape index (κ1) is 15.4. The molecule has 1 aromatic rings. The minimum Gasteiger partial charge on any atom is -0.492 e. The Morgan fingerprint density at radius 2 is 1.95 bits per heavy atom. The van der Waals surface area contributed by atoms with E-state index < -0.39 is 18.7 Å². The van der Waals surface area contributed by atoms with Gasteiger partial charge in [0, 0.05) is 0 Å². The Balaban J connectivity index is 2.74. The Morgan fingerprint density at radius 1 is 1.32 bits per heavy atom. The van der Waals surface area contributed by atoms with Crippen LogP contribution < -0.4 is 4.74 Å². The van der Waals surface area contributed by atoms with E-state index in [-0.39, 0.29) is 0 Å². The highest BCUT2D eigenvalue weighted by molar-refractivity contribution is 5.36. The Kier molecular flexibility index (Phi) is 4.82. The molecular formula is C14H16F3NO. The molecule has 0 heterocycles. The lowest BCUT2D eigenvalue weighted by Crippen LogP contribution is -2.27. The van der Waals surface area contributed by atoms with Crippen LogP contribution in [0.5, 0.6) is 5.75 Å². The van der Waals surface area contributed by atoms with Crippen molar-refractivity contribution in [2.24, 2.45) is 5.92 Å². The first-order valence-electron chi connectivity index (χ1n) is 5.95. The van der Waals surface area contributed by atoms with Crippen LogP contribution in [-0.2, 0) is 0 Å². The number of nitriles is 1. The third-order valence-corrected chi connectivity index (χ3v) is 2.83. The van der Waals surface area contributed by atoms with Gasteiger partial charge in [-0.15, -0.1) is 0 Å². The van der Waals surface area contributed by atoms with Gasteiger partial charge in [0.2, 0.25) is 0 Å². The summed E-state index contributed by atoms with van der Waals surface area (Å²) in [4.78, 5) is 0. The van der Waals surface area contributed by atoms with Gasteiger partial charge in [-0.25, -0.2) is 0 Å². The smallest absolute Gasteiger partial charge is 0.407 e. The average Bonchev–Trinajstić information content (AvgIpc) is 2.27. The minimum absolute atomic E-state index is 0.344. The van der Waals surface area contributed by atoms with Crippen LogP contribution in [0.15, 0.2) is 18.2 Å². The Bertz CT molecular complexity index is 475. The number of nitrogens with zero attached hydrogens (tertiary/aromatic N) is 1. The zero-order chi connectivity index (χ0) is 14.6. The minimum atomic E-state index is -4.55. The number of hydrogen-bond acceptors (Lipinski definition) is 2. The third kappa shape index (κ3) is 4.16. The van der Waals surface area contributed by atoms with Gasteiger partial charge in [0.05, 0.1) is 6.07 Å². The summed E-state index contributed by atoms with van der Waals surface area (Å²) in [5.41, 5.74) is 2.09. The normalized spacial score (nSPS) is 13.2. The highest BCUT2D eigenvalue weighted by atomic mass is 19.4. The highest BCUT2D eigenvalue weighted by Crippen LogP contribution is 2.28. The predicted octanol–water partition coefficient (Wildman–Crippen LogP) is 4.20. The molecule has 1 aromatic carbocycles. The maximum atomic E-state index is 12.4. The van der Waals surface area contributed by atoms with Gasteiger partial charge in [0.25, 0.3) is 0 Å². The maximum Gasteiger partial charge on any atom is 0.407 e. The molecule has 0 fully saturated rings. The lowest BCUT2D eigenvalue weighted by molar-refractivity contribution is -0.165. The van der Waals surface area contributed by atoms with Crippen LogP contribution in [0.4, 0.5) is 13.2 Å². The molecule has 0 aliphatic carbocycles. The van der Waals surface area contributed by atoms with E-state index >= 15 is 0 Å². The van der Waals surface area contributed by atoms with Crippen molar-refractivity contribution in [1.29, 1.82) is 5.26 Å². The Morgan fingerprint density at radius 3 is 2.37 bits per heavy atom. The summed E-state index contributed by atoms with van der Waals surface area (Å²) >= 11 is 0. The van der Waals surface area contributed by atoms with Crippen LogP contribution >= 0.6 is 0 Å². The molecule has 2 nitrogen and oxygen atoms in total. The average molecular weight is 271 g/mol. The second kappa shape index (κ2) is 5.96. The standard InChI is InChI=1S/C14H16F3NO/c1-9(2)13-5-4-12(6-10(13)3)19-8-11(7-18)14(15,16)17/h4-6,9,11H,8H2,1-3H3. The molecule has 5 heteroatoms. The molecule has 0 aliphatic rings. The molecule has 0 N–H and O–H groups in total. The fourth-order valence-corrected chi connectivity index (χ4v) is 1.77. The summed E-state index contributed by atoms with van der Waals surface area (Å²) in [5.74, 6) is -1.40. The molecule has 104 valence electrons. The second-order valence-electron chi connectivity index (χ2n) is 4.71. The lowest BCUT2D eigenvalue weighted by atomic mass is 9.98. The van der Waals surface area contributed by atoms with Crippen molar-refractivity contribution < 1.29 is 17.9 Å². The van der Waals surface area contributed by atoms with Gasteiger partial charge in [0.1, 0.15) is 12.4 Å². The summed E-state index contributed by atoms with van der Waals surface area (Å²) in [7, 11) is 0. The largest absolute Gasteiger partial charge is 0.492 e. The Hall–Kier alpha value is -1.70. The molecule has 0 aliphatic heterocycles. The third-order valence-electron chi connectivity index (χ3n) is 2.83. The molecular weight excluding hydrogens is 255 g/mol. The van der Waals surface area contributed by atoms with Crippen LogP contribution in [0, 0.1) is 24.2 Å². The van der Waals surface area contributed by atoms with E-state index in [2.05, 4.69) is 0 Å². The molecule has 1 rings (SSSR count). The van der Waals surface area contributed by atoms with Crippen LogP contribution in [0.1, 0.15) is 30.9 Å². The molecule has 0 amide bonds. The van der Waals surface area contributed by atoms with Gasteiger partial charge in [-0.2, -0.15) is 18.4 Å². The topological polar surface area (TPSA) is 33.0 Å². The number of rotatable bonds is 4. The van der Waals surface area contributed by atoms with Gasteiger partial charge in [-0.1, -0.05) is 19.9 Å². The Labute approximate surface area is 110 Å². The lowest BCUT2D eigenvalue weighted by Gasteiger charge is -2.16. The summed E-state index contributed by atoms with van der Waals surface area (Å²) in [6.45, 7) is 5.28. The summed E-state index contributed by atoms with van der Waals surface area (Å²) in [6, 6.07) is 6.37. The first-order valence-corrected chi connectivity index (χ1v) is 5.95. The second-order valence-corrected chi connectivity index (χ2v) is 4.71. The van der Waals surface area contributed by atoms with E-state index in [1.165, 1.54) is 6.07 Å². The zero-order valence-corrected chi connectivity index (χ0v) is 11.1. The van der Waals surface area contributed by atoms with E-state index in [0.717, 1.165) is 11.1 Å². The molecule has 19 heavy (non-hydrogen) atoms. The predicted molar refractivity (Wildman–Crippen MR) is 65.9 cm³/mol. The summed E-state index contributed by atoms with van der Waals surface area (Å²) in [5, 5.41) is 8.46. The van der Waals surface area contributed by atoms with Crippen molar-refractivity contribution in [3.63, 3.8) is 0 Å². The number of halogens is 3. The van der Waals surface area contributed by atoms with Crippen molar-refractivity contribution in [3.05, 3.63) is 29.3 Å². The van der Waals surface area contributed by atoms with Crippen LogP contribution in [0.25, 0.3) is 0 Å². The maximum absolute atomic E-state index is 12.4. The summed E-state index contributed by atoms with van der Waals surface area (Å²) < 4.78 is 42.2.